The minimum absolute atomic E-state index is 0.00377. The van der Waals surface area contributed by atoms with Gasteiger partial charge in [0.05, 0.1) is 5.56 Å². The lowest BCUT2D eigenvalue weighted by atomic mass is 9.99. The zero-order valence-electron chi connectivity index (χ0n) is 9.99. The minimum atomic E-state index is -0.914. The highest BCUT2D eigenvalue weighted by molar-refractivity contribution is 5.99. The molecule has 0 aliphatic rings. The number of Topliss-reactive ketones (excluding diaryl/α,β-unsaturated/α-hetero) is 1. The Hall–Kier alpha value is -1.84. The number of phenols is 1. The zero-order chi connectivity index (χ0) is 13.0. The second-order valence-electron chi connectivity index (χ2n) is 4.15. The van der Waals surface area contributed by atoms with Gasteiger partial charge in [0.2, 0.25) is 0 Å². The molecule has 0 fully saturated rings. The molecule has 0 atom stereocenters. The molecule has 0 spiro atoms. The van der Waals surface area contributed by atoms with Crippen LogP contribution in [-0.4, -0.2) is 22.0 Å². The Morgan fingerprint density at radius 1 is 1.18 bits per heavy atom. The summed E-state index contributed by atoms with van der Waals surface area (Å²) >= 11 is 0. The first kappa shape index (κ1) is 13.2. The van der Waals surface area contributed by atoms with Gasteiger partial charge in [-0.2, -0.15) is 0 Å². The number of rotatable bonds is 5. The smallest absolute Gasteiger partial charge is 0.303 e. The van der Waals surface area contributed by atoms with Gasteiger partial charge in [-0.3, -0.25) is 9.59 Å². The maximum absolute atomic E-state index is 11.8. The third-order valence-electron chi connectivity index (χ3n) is 2.54. The fourth-order valence-electron chi connectivity index (χ4n) is 1.71. The van der Waals surface area contributed by atoms with E-state index in [2.05, 4.69) is 0 Å². The van der Waals surface area contributed by atoms with Crippen molar-refractivity contribution < 1.29 is 19.8 Å². The van der Waals surface area contributed by atoms with Crippen LogP contribution in [0.2, 0.25) is 0 Å². The summed E-state index contributed by atoms with van der Waals surface area (Å²) in [5, 5.41) is 18.2. The van der Waals surface area contributed by atoms with Crippen LogP contribution in [0.25, 0.3) is 0 Å². The second-order valence-corrected chi connectivity index (χ2v) is 4.15. The lowest BCUT2D eigenvalue weighted by Gasteiger charge is -2.07. The summed E-state index contributed by atoms with van der Waals surface area (Å²) < 4.78 is 0. The van der Waals surface area contributed by atoms with Crippen LogP contribution in [0.4, 0.5) is 0 Å². The van der Waals surface area contributed by atoms with Crippen LogP contribution < -0.4 is 0 Å². The van der Waals surface area contributed by atoms with E-state index in [0.717, 1.165) is 5.56 Å². The van der Waals surface area contributed by atoms with Crippen LogP contribution >= 0.6 is 0 Å². The molecule has 0 saturated heterocycles. The summed E-state index contributed by atoms with van der Waals surface area (Å²) in [5.41, 5.74) is 1.85. The molecule has 0 aliphatic carbocycles. The monoisotopic (exact) mass is 236 g/mol. The zero-order valence-corrected chi connectivity index (χ0v) is 9.99. The number of phenolic OH excluding ortho intramolecular Hbond substituents is 1. The first-order chi connectivity index (χ1) is 7.91. The lowest BCUT2D eigenvalue weighted by Crippen LogP contribution is -2.03. The molecule has 0 unspecified atom stereocenters. The third kappa shape index (κ3) is 3.59. The van der Waals surface area contributed by atoms with Crippen molar-refractivity contribution in [3.8, 4) is 5.75 Å². The van der Waals surface area contributed by atoms with E-state index in [1.165, 1.54) is 0 Å². The predicted molar refractivity (Wildman–Crippen MR) is 63.4 cm³/mol. The summed E-state index contributed by atoms with van der Waals surface area (Å²) in [6.45, 7) is 3.58. The molecular weight excluding hydrogens is 220 g/mol. The van der Waals surface area contributed by atoms with Crippen molar-refractivity contribution in [2.75, 3.05) is 0 Å². The molecule has 0 aromatic heterocycles. The fourth-order valence-corrected chi connectivity index (χ4v) is 1.71. The standard InChI is InChI=1S/C13H16O4/c1-8-6-9(2)13(17)10(7-8)11(14)4-3-5-12(15)16/h6-7,17H,3-5H2,1-2H3,(H,15,16). The van der Waals surface area contributed by atoms with Crippen molar-refractivity contribution in [2.45, 2.75) is 33.1 Å². The topological polar surface area (TPSA) is 74.6 Å². The lowest BCUT2D eigenvalue weighted by molar-refractivity contribution is -0.137. The van der Waals surface area contributed by atoms with Gasteiger partial charge in [-0.15, -0.1) is 0 Å². The van der Waals surface area contributed by atoms with E-state index < -0.39 is 5.97 Å². The van der Waals surface area contributed by atoms with E-state index in [1.54, 1.807) is 19.1 Å². The maximum Gasteiger partial charge on any atom is 0.303 e. The summed E-state index contributed by atoms with van der Waals surface area (Å²) in [6, 6.07) is 3.43. The molecule has 1 aromatic rings. The summed E-state index contributed by atoms with van der Waals surface area (Å²) in [6.07, 6.45) is 0.403. The van der Waals surface area contributed by atoms with Gasteiger partial charge >= 0.3 is 5.97 Å². The minimum Gasteiger partial charge on any atom is -0.507 e. The molecule has 17 heavy (non-hydrogen) atoms. The summed E-state index contributed by atoms with van der Waals surface area (Å²) in [5.74, 6) is -1.13. The molecule has 0 saturated carbocycles. The van der Waals surface area contributed by atoms with E-state index in [-0.39, 0.29) is 29.9 Å². The Balaban J connectivity index is 2.78. The normalized spacial score (nSPS) is 10.2. The van der Waals surface area contributed by atoms with Gasteiger partial charge in [-0.1, -0.05) is 6.07 Å². The number of benzene rings is 1. The van der Waals surface area contributed by atoms with E-state index in [9.17, 15) is 14.7 Å². The van der Waals surface area contributed by atoms with E-state index in [1.807, 2.05) is 6.92 Å². The molecule has 92 valence electrons. The molecule has 0 radical (unpaired) electrons. The van der Waals surface area contributed by atoms with Gasteiger partial charge in [-0.05, 0) is 37.5 Å². The highest BCUT2D eigenvalue weighted by atomic mass is 16.4. The molecule has 0 bridgehead atoms. The van der Waals surface area contributed by atoms with Gasteiger partial charge in [-0.25, -0.2) is 0 Å². The Morgan fingerprint density at radius 2 is 1.82 bits per heavy atom. The molecule has 4 heteroatoms. The first-order valence-electron chi connectivity index (χ1n) is 5.47. The van der Waals surface area contributed by atoms with Crippen molar-refractivity contribution >= 4 is 11.8 Å². The average Bonchev–Trinajstić information content (AvgIpc) is 2.22. The number of hydrogen-bond donors (Lipinski definition) is 2. The van der Waals surface area contributed by atoms with Crippen LogP contribution in [0.5, 0.6) is 5.75 Å². The molecule has 1 rings (SSSR count). The molecule has 2 N–H and O–H groups in total. The number of ketones is 1. The number of carbonyl (C=O) groups is 2. The van der Waals surface area contributed by atoms with Gasteiger partial charge in [0.15, 0.2) is 5.78 Å². The Morgan fingerprint density at radius 3 is 2.41 bits per heavy atom. The first-order valence-corrected chi connectivity index (χ1v) is 5.47. The molecule has 0 heterocycles. The molecule has 1 aromatic carbocycles. The Bertz CT molecular complexity index is 449. The molecular formula is C13H16O4. The quantitative estimate of drug-likeness (QED) is 0.770. The van der Waals surface area contributed by atoms with Crippen molar-refractivity contribution in [2.24, 2.45) is 0 Å². The molecule has 0 aliphatic heterocycles. The average molecular weight is 236 g/mol. The van der Waals surface area contributed by atoms with E-state index in [4.69, 9.17) is 5.11 Å². The van der Waals surface area contributed by atoms with Crippen LogP contribution in [0.15, 0.2) is 12.1 Å². The number of aliphatic carboxylic acids is 1. The number of carbonyl (C=O) groups excluding carboxylic acids is 1. The van der Waals surface area contributed by atoms with Crippen molar-refractivity contribution in [1.82, 2.24) is 0 Å². The molecule has 4 nitrogen and oxygen atoms in total. The van der Waals surface area contributed by atoms with Crippen molar-refractivity contribution in [3.63, 3.8) is 0 Å². The van der Waals surface area contributed by atoms with Gasteiger partial charge in [0, 0.05) is 12.8 Å². The van der Waals surface area contributed by atoms with Gasteiger partial charge in [0.1, 0.15) is 5.75 Å². The van der Waals surface area contributed by atoms with Crippen LogP contribution in [0, 0.1) is 13.8 Å². The maximum atomic E-state index is 11.8. The fraction of sp³-hybridized carbons (Fsp3) is 0.385. The Kier molecular flexibility index (Phi) is 4.26. The van der Waals surface area contributed by atoms with Gasteiger partial charge in [0.25, 0.3) is 0 Å². The highest BCUT2D eigenvalue weighted by Gasteiger charge is 2.13. The van der Waals surface area contributed by atoms with Crippen LogP contribution in [-0.2, 0) is 4.79 Å². The molecule has 0 amide bonds. The number of aromatic hydroxyl groups is 1. The second kappa shape index (κ2) is 5.48. The van der Waals surface area contributed by atoms with E-state index in [0.29, 0.717) is 12.0 Å². The Labute approximate surface area is 99.9 Å². The SMILES string of the molecule is Cc1cc(C)c(O)c(C(=O)CCCC(=O)O)c1. The van der Waals surface area contributed by atoms with Crippen LogP contribution in [0.1, 0.15) is 40.7 Å². The number of carboxylic acid groups (broad SMARTS) is 1. The van der Waals surface area contributed by atoms with Crippen LogP contribution in [0.3, 0.4) is 0 Å². The van der Waals surface area contributed by atoms with Crippen molar-refractivity contribution in [1.29, 1.82) is 0 Å². The largest absolute Gasteiger partial charge is 0.507 e. The number of carboxylic acids is 1. The highest BCUT2D eigenvalue weighted by Crippen LogP contribution is 2.25. The predicted octanol–water partition coefficient (Wildman–Crippen LogP) is 2.45. The summed E-state index contributed by atoms with van der Waals surface area (Å²) in [7, 11) is 0. The summed E-state index contributed by atoms with van der Waals surface area (Å²) in [4.78, 5) is 22.1. The number of hydrogen-bond acceptors (Lipinski definition) is 3. The van der Waals surface area contributed by atoms with E-state index >= 15 is 0 Å². The number of aryl methyl sites for hydroxylation is 2. The van der Waals surface area contributed by atoms with Gasteiger partial charge < -0.3 is 10.2 Å². The third-order valence-corrected chi connectivity index (χ3v) is 2.54. The van der Waals surface area contributed by atoms with Crippen molar-refractivity contribution in [3.05, 3.63) is 28.8 Å².